The molecule has 0 aliphatic rings. The van der Waals surface area contributed by atoms with Gasteiger partial charge in [-0.1, -0.05) is 36.4 Å². The van der Waals surface area contributed by atoms with Crippen molar-refractivity contribution in [3.63, 3.8) is 0 Å². The lowest BCUT2D eigenvalue weighted by Crippen LogP contribution is -2.21. The van der Waals surface area contributed by atoms with Gasteiger partial charge in [-0.25, -0.2) is 8.42 Å². The Labute approximate surface area is 146 Å². The number of rotatable bonds is 7. The number of aryl methyl sites for hydroxylation is 1. The maximum Gasteiger partial charge on any atom is 0.306 e. The van der Waals surface area contributed by atoms with Gasteiger partial charge in [-0.3, -0.25) is 9.59 Å². The fraction of sp³-hybridized carbons (Fsp3) is 0.222. The topological polar surface area (TPSA) is 89.5 Å². The molecule has 0 fully saturated rings. The maximum atomic E-state index is 11.8. The summed E-state index contributed by atoms with van der Waals surface area (Å²) in [5, 5.41) is 2.50. The van der Waals surface area contributed by atoms with Crippen molar-refractivity contribution >= 4 is 27.4 Å². The van der Waals surface area contributed by atoms with Gasteiger partial charge in [-0.2, -0.15) is 0 Å². The van der Waals surface area contributed by atoms with E-state index < -0.39 is 28.3 Å². The largest absolute Gasteiger partial charge is 0.456 e. The van der Waals surface area contributed by atoms with Crippen molar-refractivity contribution in [2.75, 3.05) is 18.2 Å². The number of carbonyl (C=O) groups excluding carboxylic acids is 2. The van der Waals surface area contributed by atoms with Crippen molar-refractivity contribution < 1.29 is 22.7 Å². The zero-order chi connectivity index (χ0) is 18.3. The minimum atomic E-state index is -3.36. The smallest absolute Gasteiger partial charge is 0.306 e. The van der Waals surface area contributed by atoms with E-state index in [2.05, 4.69) is 5.32 Å². The van der Waals surface area contributed by atoms with Crippen LogP contribution in [0.15, 0.2) is 59.5 Å². The third kappa shape index (κ3) is 6.39. The highest BCUT2D eigenvalue weighted by atomic mass is 32.2. The average molecular weight is 361 g/mol. The second-order valence-electron chi connectivity index (χ2n) is 5.49. The normalized spacial score (nSPS) is 10.9. The molecule has 2 aromatic carbocycles. The summed E-state index contributed by atoms with van der Waals surface area (Å²) in [4.78, 5) is 23.6. The Hall–Kier alpha value is -2.67. The van der Waals surface area contributed by atoms with Crippen molar-refractivity contribution in [3.8, 4) is 0 Å². The van der Waals surface area contributed by atoms with Gasteiger partial charge in [-0.05, 0) is 30.2 Å². The van der Waals surface area contributed by atoms with E-state index in [1.165, 1.54) is 18.2 Å². The Kier molecular flexibility index (Phi) is 6.30. The van der Waals surface area contributed by atoms with E-state index in [0.29, 0.717) is 12.1 Å². The van der Waals surface area contributed by atoms with Crippen molar-refractivity contribution in [1.29, 1.82) is 0 Å². The molecule has 0 bridgehead atoms. The molecular weight excluding hydrogens is 342 g/mol. The van der Waals surface area contributed by atoms with Crippen LogP contribution in [0.3, 0.4) is 0 Å². The Morgan fingerprint density at radius 2 is 1.76 bits per heavy atom. The second kappa shape index (κ2) is 8.43. The Morgan fingerprint density at radius 1 is 1.04 bits per heavy atom. The fourth-order valence-electron chi connectivity index (χ4n) is 2.11. The van der Waals surface area contributed by atoms with Crippen LogP contribution < -0.4 is 5.32 Å². The van der Waals surface area contributed by atoms with Gasteiger partial charge in [0.25, 0.3) is 5.91 Å². The summed E-state index contributed by atoms with van der Waals surface area (Å²) in [5.74, 6) is -0.998. The lowest BCUT2D eigenvalue weighted by Gasteiger charge is -2.08. The molecule has 0 aromatic heterocycles. The predicted octanol–water partition coefficient (Wildman–Crippen LogP) is 2.20. The van der Waals surface area contributed by atoms with Crippen LogP contribution in [0.5, 0.6) is 0 Å². The molecule has 0 aliphatic heterocycles. The summed E-state index contributed by atoms with van der Waals surface area (Å²) in [7, 11) is -3.36. The maximum absolute atomic E-state index is 11.8. The van der Waals surface area contributed by atoms with E-state index in [4.69, 9.17) is 4.74 Å². The third-order valence-corrected chi connectivity index (χ3v) is 4.48. The fourth-order valence-corrected chi connectivity index (χ4v) is 2.78. The zero-order valence-electron chi connectivity index (χ0n) is 13.8. The van der Waals surface area contributed by atoms with E-state index in [1.54, 1.807) is 6.07 Å². The molecule has 0 saturated heterocycles. The SMILES string of the molecule is CS(=O)(=O)c1cccc(NC(=O)COC(=O)CCc2ccccc2)c1. The molecule has 2 rings (SSSR count). The summed E-state index contributed by atoms with van der Waals surface area (Å²) in [6.07, 6.45) is 1.81. The molecule has 0 atom stereocenters. The Morgan fingerprint density at radius 3 is 2.44 bits per heavy atom. The van der Waals surface area contributed by atoms with Gasteiger partial charge in [0.05, 0.1) is 4.90 Å². The highest BCUT2D eigenvalue weighted by Gasteiger charge is 2.11. The highest BCUT2D eigenvalue weighted by Crippen LogP contribution is 2.15. The number of hydrogen-bond donors (Lipinski definition) is 1. The van der Waals surface area contributed by atoms with Crippen LogP contribution in [0.4, 0.5) is 5.69 Å². The molecule has 0 radical (unpaired) electrons. The van der Waals surface area contributed by atoms with Gasteiger partial charge >= 0.3 is 5.97 Å². The van der Waals surface area contributed by atoms with Gasteiger partial charge in [0, 0.05) is 18.4 Å². The number of esters is 1. The van der Waals surface area contributed by atoms with E-state index in [9.17, 15) is 18.0 Å². The first-order valence-corrected chi connectivity index (χ1v) is 9.53. The minimum Gasteiger partial charge on any atom is -0.456 e. The molecule has 1 N–H and O–H groups in total. The molecule has 25 heavy (non-hydrogen) atoms. The summed E-state index contributed by atoms with van der Waals surface area (Å²) < 4.78 is 27.9. The molecule has 0 spiro atoms. The molecule has 0 heterocycles. The molecule has 1 amide bonds. The van der Waals surface area contributed by atoms with Crippen molar-refractivity contribution in [2.24, 2.45) is 0 Å². The number of benzene rings is 2. The second-order valence-corrected chi connectivity index (χ2v) is 7.51. The third-order valence-electron chi connectivity index (χ3n) is 3.37. The summed E-state index contributed by atoms with van der Waals surface area (Å²) >= 11 is 0. The van der Waals surface area contributed by atoms with Gasteiger partial charge in [0.1, 0.15) is 0 Å². The first kappa shape index (κ1) is 18.7. The number of sulfone groups is 1. The molecule has 0 aliphatic carbocycles. The lowest BCUT2D eigenvalue weighted by molar-refractivity contribution is -0.147. The lowest BCUT2D eigenvalue weighted by atomic mass is 10.1. The molecular formula is C18H19NO5S. The zero-order valence-corrected chi connectivity index (χ0v) is 14.6. The molecule has 6 nitrogen and oxygen atoms in total. The number of carbonyl (C=O) groups is 2. The molecule has 7 heteroatoms. The van der Waals surface area contributed by atoms with E-state index in [0.717, 1.165) is 11.8 Å². The first-order chi connectivity index (χ1) is 11.8. The van der Waals surface area contributed by atoms with Crippen LogP contribution in [0.2, 0.25) is 0 Å². The predicted molar refractivity (Wildman–Crippen MR) is 93.9 cm³/mol. The highest BCUT2D eigenvalue weighted by molar-refractivity contribution is 7.90. The summed E-state index contributed by atoms with van der Waals surface area (Å²) in [5.41, 5.74) is 1.34. The molecule has 132 valence electrons. The van der Waals surface area contributed by atoms with Gasteiger partial charge in [-0.15, -0.1) is 0 Å². The van der Waals surface area contributed by atoms with Crippen LogP contribution in [0.1, 0.15) is 12.0 Å². The minimum absolute atomic E-state index is 0.102. The first-order valence-electron chi connectivity index (χ1n) is 7.64. The molecule has 0 saturated carbocycles. The van der Waals surface area contributed by atoms with E-state index in [1.807, 2.05) is 30.3 Å². The standard InChI is InChI=1S/C18H19NO5S/c1-25(22,23)16-9-5-8-15(12-16)19-17(20)13-24-18(21)11-10-14-6-3-2-4-7-14/h2-9,12H,10-11,13H2,1H3,(H,19,20). The van der Waals surface area contributed by atoms with Gasteiger partial charge in [0.2, 0.25) is 0 Å². The number of nitrogens with one attached hydrogen (secondary N) is 1. The van der Waals surface area contributed by atoms with Crippen LogP contribution in [-0.2, 0) is 30.6 Å². The average Bonchev–Trinajstić information content (AvgIpc) is 2.58. The number of hydrogen-bond acceptors (Lipinski definition) is 5. The van der Waals surface area contributed by atoms with Crippen LogP contribution in [0, 0.1) is 0 Å². The molecule has 2 aromatic rings. The van der Waals surface area contributed by atoms with Crippen LogP contribution in [0.25, 0.3) is 0 Å². The van der Waals surface area contributed by atoms with Crippen molar-refractivity contribution in [3.05, 3.63) is 60.2 Å². The van der Waals surface area contributed by atoms with Crippen molar-refractivity contribution in [1.82, 2.24) is 0 Å². The van der Waals surface area contributed by atoms with E-state index >= 15 is 0 Å². The number of amides is 1. The van der Waals surface area contributed by atoms with Crippen LogP contribution >= 0.6 is 0 Å². The van der Waals surface area contributed by atoms with Gasteiger partial charge in [0.15, 0.2) is 16.4 Å². The molecule has 0 unspecified atom stereocenters. The monoisotopic (exact) mass is 361 g/mol. The number of anilines is 1. The summed E-state index contributed by atoms with van der Waals surface area (Å²) in [6, 6.07) is 15.4. The van der Waals surface area contributed by atoms with Crippen molar-refractivity contribution in [2.45, 2.75) is 17.7 Å². The van der Waals surface area contributed by atoms with Gasteiger partial charge < -0.3 is 10.1 Å². The summed E-state index contributed by atoms with van der Waals surface area (Å²) in [6.45, 7) is -0.420. The Bertz CT molecular complexity index is 847. The Balaban J connectivity index is 1.79. The quantitative estimate of drug-likeness (QED) is 0.764. The van der Waals surface area contributed by atoms with E-state index in [-0.39, 0.29) is 11.3 Å². The number of ether oxygens (including phenoxy) is 1. The van der Waals surface area contributed by atoms with Crippen LogP contribution in [-0.4, -0.2) is 33.2 Å².